The predicted molar refractivity (Wildman–Crippen MR) is 43.7 cm³/mol. The third-order valence-corrected chi connectivity index (χ3v) is 1.41. The third-order valence-electron chi connectivity index (χ3n) is 1.41. The van der Waals surface area contributed by atoms with Gasteiger partial charge in [0.25, 0.3) is 0 Å². The SMILES string of the molecule is C=C1C=C(C(C)C)NC=N1. The highest BCUT2D eigenvalue weighted by molar-refractivity contribution is 5.62. The molecule has 0 atom stereocenters. The Bertz CT molecular complexity index is 199. The van der Waals surface area contributed by atoms with Gasteiger partial charge in [0.15, 0.2) is 0 Å². The van der Waals surface area contributed by atoms with E-state index in [2.05, 4.69) is 30.7 Å². The monoisotopic (exact) mass is 136 g/mol. The van der Waals surface area contributed by atoms with Crippen LogP contribution in [-0.2, 0) is 0 Å². The highest BCUT2D eigenvalue weighted by Crippen LogP contribution is 2.11. The normalized spacial score (nSPS) is 17.1. The molecule has 0 aliphatic carbocycles. The first-order valence-corrected chi connectivity index (χ1v) is 3.39. The van der Waals surface area contributed by atoms with E-state index in [9.17, 15) is 0 Å². The second kappa shape index (κ2) is 2.69. The Labute approximate surface area is 61.4 Å². The third kappa shape index (κ3) is 1.47. The number of nitrogens with one attached hydrogen (secondary N) is 1. The van der Waals surface area contributed by atoms with Gasteiger partial charge in [0, 0.05) is 5.70 Å². The van der Waals surface area contributed by atoms with Crippen molar-refractivity contribution in [2.75, 3.05) is 0 Å². The lowest BCUT2D eigenvalue weighted by atomic mass is 10.1. The van der Waals surface area contributed by atoms with Crippen molar-refractivity contribution in [2.45, 2.75) is 13.8 Å². The van der Waals surface area contributed by atoms with Gasteiger partial charge in [-0.05, 0) is 12.0 Å². The Hall–Kier alpha value is -1.05. The fourth-order valence-corrected chi connectivity index (χ4v) is 0.781. The molecule has 1 aliphatic rings. The quantitative estimate of drug-likeness (QED) is 0.582. The van der Waals surface area contributed by atoms with Crippen molar-refractivity contribution >= 4 is 6.34 Å². The second-order valence-corrected chi connectivity index (χ2v) is 2.65. The lowest BCUT2D eigenvalue weighted by Crippen LogP contribution is -2.18. The molecule has 0 aromatic carbocycles. The van der Waals surface area contributed by atoms with E-state index in [1.165, 1.54) is 5.70 Å². The van der Waals surface area contributed by atoms with Crippen LogP contribution in [0.1, 0.15) is 13.8 Å². The summed E-state index contributed by atoms with van der Waals surface area (Å²) in [6.07, 6.45) is 3.64. The largest absolute Gasteiger partial charge is 0.350 e. The molecular weight excluding hydrogens is 124 g/mol. The second-order valence-electron chi connectivity index (χ2n) is 2.65. The summed E-state index contributed by atoms with van der Waals surface area (Å²) in [5, 5.41) is 3.06. The molecule has 1 N–H and O–H groups in total. The molecule has 0 unspecified atom stereocenters. The lowest BCUT2D eigenvalue weighted by molar-refractivity contribution is 0.724. The maximum atomic E-state index is 3.96. The zero-order valence-corrected chi connectivity index (χ0v) is 6.39. The minimum atomic E-state index is 0.517. The average molecular weight is 136 g/mol. The maximum absolute atomic E-state index is 3.96. The number of hydrogen-bond acceptors (Lipinski definition) is 2. The Morgan fingerprint density at radius 1 is 1.60 bits per heavy atom. The Morgan fingerprint density at radius 2 is 2.30 bits per heavy atom. The standard InChI is InChI=1S/C8H12N2/c1-6(2)8-4-7(3)9-5-10-8/h4-6H,3H2,1-2H3,(H,9,10). The van der Waals surface area contributed by atoms with Gasteiger partial charge >= 0.3 is 0 Å². The first-order chi connectivity index (χ1) is 4.70. The molecule has 0 spiro atoms. The van der Waals surface area contributed by atoms with E-state index < -0.39 is 0 Å². The summed E-state index contributed by atoms with van der Waals surface area (Å²) < 4.78 is 0. The molecule has 0 saturated heterocycles. The van der Waals surface area contributed by atoms with Crippen molar-refractivity contribution in [3.8, 4) is 0 Å². The van der Waals surface area contributed by atoms with Crippen molar-refractivity contribution in [1.29, 1.82) is 0 Å². The molecule has 0 radical (unpaired) electrons. The van der Waals surface area contributed by atoms with Crippen molar-refractivity contribution in [3.63, 3.8) is 0 Å². The van der Waals surface area contributed by atoms with Gasteiger partial charge in [0.1, 0.15) is 0 Å². The van der Waals surface area contributed by atoms with Crippen LogP contribution in [0.5, 0.6) is 0 Å². The van der Waals surface area contributed by atoms with Crippen LogP contribution in [0.15, 0.2) is 29.0 Å². The Balaban J connectivity index is 2.71. The van der Waals surface area contributed by atoms with E-state index in [1.54, 1.807) is 6.34 Å². The first kappa shape index (κ1) is 7.06. The summed E-state index contributed by atoms with van der Waals surface area (Å²) in [6.45, 7) is 7.99. The van der Waals surface area contributed by atoms with E-state index in [0.717, 1.165) is 5.70 Å². The van der Waals surface area contributed by atoms with Gasteiger partial charge in [-0.15, -0.1) is 0 Å². The van der Waals surface area contributed by atoms with Crippen LogP contribution in [0, 0.1) is 5.92 Å². The van der Waals surface area contributed by atoms with Crippen LogP contribution in [-0.4, -0.2) is 6.34 Å². The Morgan fingerprint density at radius 3 is 2.70 bits per heavy atom. The van der Waals surface area contributed by atoms with Gasteiger partial charge in [0.2, 0.25) is 0 Å². The summed E-state index contributed by atoms with van der Waals surface area (Å²) >= 11 is 0. The maximum Gasteiger partial charge on any atom is 0.0927 e. The van der Waals surface area contributed by atoms with Crippen molar-refractivity contribution in [1.82, 2.24) is 5.32 Å². The van der Waals surface area contributed by atoms with Crippen molar-refractivity contribution < 1.29 is 0 Å². The van der Waals surface area contributed by atoms with Gasteiger partial charge in [-0.3, -0.25) is 0 Å². The van der Waals surface area contributed by atoms with Crippen LogP contribution in [0.2, 0.25) is 0 Å². The average Bonchev–Trinajstić information content (AvgIpc) is 1.88. The number of allylic oxidation sites excluding steroid dienone is 2. The number of hydrogen-bond donors (Lipinski definition) is 1. The lowest BCUT2D eigenvalue weighted by Gasteiger charge is -2.13. The molecule has 2 heteroatoms. The summed E-state index contributed by atoms with van der Waals surface area (Å²) in [6, 6.07) is 0. The molecule has 0 fully saturated rings. The minimum absolute atomic E-state index is 0.517. The topological polar surface area (TPSA) is 24.4 Å². The van der Waals surface area contributed by atoms with Crippen molar-refractivity contribution in [3.05, 3.63) is 24.0 Å². The minimum Gasteiger partial charge on any atom is -0.350 e. The smallest absolute Gasteiger partial charge is 0.0927 e. The van der Waals surface area contributed by atoms with E-state index >= 15 is 0 Å². The van der Waals surface area contributed by atoms with Crippen LogP contribution in [0.3, 0.4) is 0 Å². The molecular formula is C8H12N2. The van der Waals surface area contributed by atoms with Crippen LogP contribution in [0.25, 0.3) is 0 Å². The fraction of sp³-hybridized carbons (Fsp3) is 0.375. The number of rotatable bonds is 1. The molecule has 1 aliphatic heterocycles. The molecule has 0 aromatic rings. The number of aliphatic imine (C=N–C) groups is 1. The molecule has 1 heterocycles. The molecule has 0 aromatic heterocycles. The van der Waals surface area contributed by atoms with E-state index in [4.69, 9.17) is 0 Å². The van der Waals surface area contributed by atoms with E-state index in [0.29, 0.717) is 5.92 Å². The molecule has 10 heavy (non-hydrogen) atoms. The predicted octanol–water partition coefficient (Wildman–Crippen LogP) is 1.67. The summed E-state index contributed by atoms with van der Waals surface area (Å²) in [7, 11) is 0. The fourth-order valence-electron chi connectivity index (χ4n) is 0.781. The van der Waals surface area contributed by atoms with Gasteiger partial charge in [0.05, 0.1) is 12.0 Å². The number of nitrogens with zero attached hydrogens (tertiary/aromatic N) is 1. The van der Waals surface area contributed by atoms with Crippen LogP contribution < -0.4 is 5.32 Å². The molecule has 0 bridgehead atoms. The summed E-state index contributed by atoms with van der Waals surface area (Å²) in [5.74, 6) is 0.517. The molecule has 0 saturated carbocycles. The van der Waals surface area contributed by atoms with Crippen molar-refractivity contribution in [2.24, 2.45) is 10.9 Å². The molecule has 0 amide bonds. The van der Waals surface area contributed by atoms with Gasteiger partial charge in [-0.25, -0.2) is 4.99 Å². The van der Waals surface area contributed by atoms with E-state index in [1.807, 2.05) is 6.08 Å². The molecule has 54 valence electrons. The summed E-state index contributed by atoms with van der Waals surface area (Å²) in [5.41, 5.74) is 2.00. The van der Waals surface area contributed by atoms with Crippen LogP contribution in [0.4, 0.5) is 0 Å². The summed E-state index contributed by atoms with van der Waals surface area (Å²) in [4.78, 5) is 3.96. The first-order valence-electron chi connectivity index (χ1n) is 3.39. The van der Waals surface area contributed by atoms with Crippen LogP contribution >= 0.6 is 0 Å². The zero-order valence-electron chi connectivity index (χ0n) is 6.39. The van der Waals surface area contributed by atoms with E-state index in [-0.39, 0.29) is 0 Å². The Kier molecular flexibility index (Phi) is 1.90. The van der Waals surface area contributed by atoms with Gasteiger partial charge < -0.3 is 5.32 Å². The van der Waals surface area contributed by atoms with Gasteiger partial charge in [-0.2, -0.15) is 0 Å². The molecule has 1 rings (SSSR count). The zero-order chi connectivity index (χ0) is 7.56. The highest BCUT2D eigenvalue weighted by Gasteiger charge is 2.03. The highest BCUT2D eigenvalue weighted by atomic mass is 15.0. The van der Waals surface area contributed by atoms with Gasteiger partial charge in [-0.1, -0.05) is 20.4 Å². The molecule has 2 nitrogen and oxygen atoms in total.